The summed E-state index contributed by atoms with van der Waals surface area (Å²) in [6.45, 7) is 4.96. The van der Waals surface area contributed by atoms with E-state index < -0.39 is 5.54 Å². The second kappa shape index (κ2) is 4.13. The average molecular weight is 174 g/mol. The number of hydrogen-bond acceptors (Lipinski definition) is 4. The molecular weight excluding hydrogens is 160 g/mol. The van der Waals surface area contributed by atoms with E-state index in [2.05, 4.69) is 5.18 Å². The lowest BCUT2D eigenvalue weighted by Crippen LogP contribution is -2.42. The molecule has 0 aromatic heterocycles. The van der Waals surface area contributed by atoms with Gasteiger partial charge in [-0.25, -0.2) is 0 Å². The predicted octanol–water partition coefficient (Wildman–Crippen LogP) is 1.83. The Bertz CT molecular complexity index is 183. The van der Waals surface area contributed by atoms with Crippen molar-refractivity contribution in [1.82, 2.24) is 0 Å². The fourth-order valence-corrected chi connectivity index (χ4v) is 0.966. The first-order valence-electron chi connectivity index (χ1n) is 3.92. The van der Waals surface area contributed by atoms with Crippen molar-refractivity contribution in [2.24, 2.45) is 11.1 Å². The lowest BCUT2D eigenvalue weighted by Gasteiger charge is -2.23. The molecule has 0 rings (SSSR count). The molecule has 0 bridgehead atoms. The monoisotopic (exact) mass is 174 g/mol. The van der Waals surface area contributed by atoms with Gasteiger partial charge >= 0.3 is 0 Å². The Morgan fingerprint density at radius 3 is 2.42 bits per heavy atom. The molecule has 5 nitrogen and oxygen atoms in total. The normalized spacial score (nSPS) is 17.9. The second-order valence-corrected chi connectivity index (χ2v) is 3.18. The SMILES string of the molecule is CCC(C)(C(C)CN=O)[N+](=O)[O-]. The molecule has 0 amide bonds. The van der Waals surface area contributed by atoms with Crippen LogP contribution < -0.4 is 0 Å². The number of nitro groups is 1. The summed E-state index contributed by atoms with van der Waals surface area (Å²) in [5, 5.41) is 13.3. The second-order valence-electron chi connectivity index (χ2n) is 3.18. The van der Waals surface area contributed by atoms with Crippen LogP contribution >= 0.6 is 0 Å². The Morgan fingerprint density at radius 2 is 2.17 bits per heavy atom. The van der Waals surface area contributed by atoms with Crippen LogP contribution in [0.3, 0.4) is 0 Å². The third-order valence-corrected chi connectivity index (χ3v) is 2.54. The molecule has 5 heteroatoms. The number of hydrogen-bond donors (Lipinski definition) is 0. The van der Waals surface area contributed by atoms with Crippen molar-refractivity contribution in [3.63, 3.8) is 0 Å². The van der Waals surface area contributed by atoms with Gasteiger partial charge in [-0.15, -0.1) is 0 Å². The van der Waals surface area contributed by atoms with Gasteiger partial charge in [-0.05, 0) is 0 Å². The molecule has 0 N–H and O–H groups in total. The van der Waals surface area contributed by atoms with Crippen molar-refractivity contribution >= 4 is 0 Å². The van der Waals surface area contributed by atoms with Gasteiger partial charge < -0.3 is 0 Å². The van der Waals surface area contributed by atoms with Gasteiger partial charge in [0, 0.05) is 24.2 Å². The van der Waals surface area contributed by atoms with Crippen molar-refractivity contribution in [2.75, 3.05) is 6.54 Å². The zero-order valence-electron chi connectivity index (χ0n) is 7.61. The lowest BCUT2D eigenvalue weighted by atomic mass is 9.85. The summed E-state index contributed by atoms with van der Waals surface area (Å²) >= 11 is 0. The van der Waals surface area contributed by atoms with Crippen LogP contribution in [-0.2, 0) is 0 Å². The van der Waals surface area contributed by atoms with Crippen LogP contribution in [0.4, 0.5) is 0 Å². The summed E-state index contributed by atoms with van der Waals surface area (Å²) in [6, 6.07) is 0. The zero-order valence-corrected chi connectivity index (χ0v) is 7.61. The van der Waals surface area contributed by atoms with Crippen molar-refractivity contribution in [1.29, 1.82) is 0 Å². The summed E-state index contributed by atoms with van der Waals surface area (Å²) < 4.78 is 0. The fraction of sp³-hybridized carbons (Fsp3) is 1.00. The van der Waals surface area contributed by atoms with E-state index in [9.17, 15) is 15.0 Å². The summed E-state index contributed by atoms with van der Waals surface area (Å²) in [5.41, 5.74) is -1.02. The van der Waals surface area contributed by atoms with E-state index in [-0.39, 0.29) is 17.4 Å². The molecule has 0 saturated heterocycles. The summed E-state index contributed by atoms with van der Waals surface area (Å²) in [4.78, 5) is 20.2. The Labute approximate surface area is 71.3 Å². The van der Waals surface area contributed by atoms with Gasteiger partial charge in [-0.2, -0.15) is 4.91 Å². The maximum atomic E-state index is 10.6. The number of nitroso groups, excluding NO2 is 1. The van der Waals surface area contributed by atoms with E-state index >= 15 is 0 Å². The standard InChI is InChI=1S/C7H14N2O3/c1-4-7(3,9(11)12)6(2)5-8-10/h6H,4-5H2,1-3H3. The van der Waals surface area contributed by atoms with Gasteiger partial charge in [-0.1, -0.05) is 19.0 Å². The minimum absolute atomic E-state index is 0.00528. The molecule has 0 spiro atoms. The van der Waals surface area contributed by atoms with E-state index in [1.165, 1.54) is 0 Å². The first-order chi connectivity index (χ1) is 5.49. The van der Waals surface area contributed by atoms with Gasteiger partial charge in [0.15, 0.2) is 0 Å². The van der Waals surface area contributed by atoms with E-state index in [0.29, 0.717) is 6.42 Å². The van der Waals surface area contributed by atoms with Crippen LogP contribution in [0.2, 0.25) is 0 Å². The van der Waals surface area contributed by atoms with E-state index in [4.69, 9.17) is 0 Å². The minimum atomic E-state index is -1.02. The van der Waals surface area contributed by atoms with Crippen LogP contribution in [0.1, 0.15) is 27.2 Å². The highest BCUT2D eigenvalue weighted by molar-refractivity contribution is 4.79. The third kappa shape index (κ3) is 1.99. The van der Waals surface area contributed by atoms with Gasteiger partial charge in [0.1, 0.15) is 0 Å². The quantitative estimate of drug-likeness (QED) is 0.362. The fourth-order valence-electron chi connectivity index (χ4n) is 0.966. The summed E-state index contributed by atoms with van der Waals surface area (Å²) in [5.74, 6) is -0.310. The van der Waals surface area contributed by atoms with Gasteiger partial charge in [-0.3, -0.25) is 10.1 Å². The summed E-state index contributed by atoms with van der Waals surface area (Å²) in [6.07, 6.45) is 0.413. The van der Waals surface area contributed by atoms with Crippen LogP contribution in [0, 0.1) is 20.9 Å². The zero-order chi connectivity index (χ0) is 9.78. The van der Waals surface area contributed by atoms with Gasteiger partial charge in [0.25, 0.3) is 0 Å². The molecule has 2 atom stereocenters. The largest absolute Gasteiger partial charge is 0.264 e. The van der Waals surface area contributed by atoms with Crippen molar-refractivity contribution < 1.29 is 4.92 Å². The Balaban J connectivity index is 4.50. The minimum Gasteiger partial charge on any atom is -0.264 e. The van der Waals surface area contributed by atoms with Gasteiger partial charge in [0.2, 0.25) is 5.54 Å². The molecule has 0 fully saturated rings. The van der Waals surface area contributed by atoms with Crippen LogP contribution in [0.15, 0.2) is 5.18 Å². The van der Waals surface area contributed by atoms with Crippen LogP contribution in [-0.4, -0.2) is 17.0 Å². The molecule has 12 heavy (non-hydrogen) atoms. The molecule has 0 radical (unpaired) electrons. The van der Waals surface area contributed by atoms with E-state index in [1.807, 2.05) is 0 Å². The maximum absolute atomic E-state index is 10.6. The first-order valence-corrected chi connectivity index (χ1v) is 3.92. The maximum Gasteiger partial charge on any atom is 0.223 e. The number of rotatable bonds is 5. The number of nitrogens with zero attached hydrogens (tertiary/aromatic N) is 2. The smallest absolute Gasteiger partial charge is 0.223 e. The molecule has 0 aromatic rings. The predicted molar refractivity (Wildman–Crippen MR) is 45.5 cm³/mol. The molecule has 0 aliphatic heterocycles. The molecule has 0 saturated carbocycles. The molecule has 70 valence electrons. The molecule has 2 unspecified atom stereocenters. The van der Waals surface area contributed by atoms with Crippen LogP contribution in [0.5, 0.6) is 0 Å². The molecule has 0 heterocycles. The van der Waals surface area contributed by atoms with E-state index in [0.717, 1.165) is 0 Å². The Morgan fingerprint density at radius 1 is 1.67 bits per heavy atom. The highest BCUT2D eigenvalue weighted by atomic mass is 16.6. The Kier molecular flexibility index (Phi) is 3.79. The van der Waals surface area contributed by atoms with Crippen molar-refractivity contribution in [2.45, 2.75) is 32.7 Å². The third-order valence-electron chi connectivity index (χ3n) is 2.54. The summed E-state index contributed by atoms with van der Waals surface area (Å²) in [7, 11) is 0. The molecule has 0 aliphatic carbocycles. The van der Waals surface area contributed by atoms with E-state index in [1.54, 1.807) is 20.8 Å². The van der Waals surface area contributed by atoms with Crippen LogP contribution in [0.25, 0.3) is 0 Å². The van der Waals surface area contributed by atoms with Gasteiger partial charge in [0.05, 0.1) is 6.54 Å². The Hall–Kier alpha value is -1.00. The first kappa shape index (κ1) is 11.0. The molecular formula is C7H14N2O3. The molecule has 0 aromatic carbocycles. The highest BCUT2D eigenvalue weighted by Crippen LogP contribution is 2.24. The van der Waals surface area contributed by atoms with Crippen molar-refractivity contribution in [3.8, 4) is 0 Å². The van der Waals surface area contributed by atoms with Crippen molar-refractivity contribution in [3.05, 3.63) is 15.0 Å². The topological polar surface area (TPSA) is 72.6 Å². The lowest BCUT2D eigenvalue weighted by molar-refractivity contribution is -0.575. The average Bonchev–Trinajstić information content (AvgIpc) is 2.03. The molecule has 0 aliphatic rings. The highest BCUT2D eigenvalue weighted by Gasteiger charge is 2.41.